The number of hydrogen-bond donors (Lipinski definition) is 1. The van der Waals surface area contributed by atoms with E-state index < -0.39 is 6.04 Å². The van der Waals surface area contributed by atoms with Crippen LogP contribution in [0.25, 0.3) is 0 Å². The maximum Gasteiger partial charge on any atom is 0.261 e. The Hall–Kier alpha value is -2.82. The van der Waals surface area contributed by atoms with E-state index in [1.165, 1.54) is 6.42 Å². The summed E-state index contributed by atoms with van der Waals surface area (Å²) in [4.78, 5) is 27.9. The Morgan fingerprint density at radius 2 is 1.66 bits per heavy atom. The zero-order valence-electron chi connectivity index (χ0n) is 19.8. The largest absolute Gasteiger partial charge is 0.483 e. The molecule has 3 rings (SSSR count). The number of hydrogen-bond acceptors (Lipinski definition) is 3. The molecule has 2 aromatic rings. The van der Waals surface area contributed by atoms with Gasteiger partial charge in [0.15, 0.2) is 6.61 Å². The van der Waals surface area contributed by atoms with Crippen LogP contribution >= 0.6 is 0 Å². The molecular weight excluding hydrogens is 400 g/mol. The molecule has 0 radical (unpaired) electrons. The molecule has 2 amide bonds. The minimum atomic E-state index is -0.576. The number of nitrogens with one attached hydrogen (secondary N) is 1. The van der Waals surface area contributed by atoms with Gasteiger partial charge in [-0.05, 0) is 57.7 Å². The third-order valence-corrected chi connectivity index (χ3v) is 6.27. The summed E-state index contributed by atoms with van der Waals surface area (Å²) >= 11 is 0. The van der Waals surface area contributed by atoms with Gasteiger partial charge in [-0.1, -0.05) is 66.8 Å². The Morgan fingerprint density at radius 3 is 2.31 bits per heavy atom. The van der Waals surface area contributed by atoms with Gasteiger partial charge in [0.25, 0.3) is 5.91 Å². The first-order valence-electron chi connectivity index (χ1n) is 11.7. The fraction of sp³-hybridized carbons (Fsp3) is 0.481. The summed E-state index contributed by atoms with van der Waals surface area (Å²) < 4.78 is 5.85. The highest BCUT2D eigenvalue weighted by molar-refractivity contribution is 5.88. The molecular formula is C27H36N2O3. The van der Waals surface area contributed by atoms with Crippen molar-refractivity contribution in [1.29, 1.82) is 0 Å². The minimum Gasteiger partial charge on any atom is -0.483 e. The lowest BCUT2D eigenvalue weighted by molar-refractivity contribution is -0.142. The smallest absolute Gasteiger partial charge is 0.261 e. The molecule has 5 heteroatoms. The number of aryl methyl sites for hydroxylation is 3. The molecule has 1 aliphatic carbocycles. The van der Waals surface area contributed by atoms with Crippen LogP contribution in [0.1, 0.15) is 61.3 Å². The van der Waals surface area contributed by atoms with Gasteiger partial charge in [-0.3, -0.25) is 9.59 Å². The maximum absolute atomic E-state index is 13.2. The van der Waals surface area contributed by atoms with Gasteiger partial charge in [0, 0.05) is 12.6 Å². The molecule has 0 heterocycles. The summed E-state index contributed by atoms with van der Waals surface area (Å²) in [5, 5.41) is 3.16. The molecule has 1 fully saturated rings. The van der Waals surface area contributed by atoms with Crippen molar-refractivity contribution in [2.45, 2.75) is 78.4 Å². The van der Waals surface area contributed by atoms with Crippen molar-refractivity contribution in [2.75, 3.05) is 6.61 Å². The Kier molecular flexibility index (Phi) is 8.32. The van der Waals surface area contributed by atoms with Gasteiger partial charge in [-0.25, -0.2) is 0 Å². The van der Waals surface area contributed by atoms with E-state index in [2.05, 4.69) is 5.32 Å². The lowest BCUT2D eigenvalue weighted by Gasteiger charge is -2.31. The van der Waals surface area contributed by atoms with Crippen molar-refractivity contribution >= 4 is 11.8 Å². The van der Waals surface area contributed by atoms with Crippen molar-refractivity contribution in [3.8, 4) is 5.75 Å². The summed E-state index contributed by atoms with van der Waals surface area (Å²) in [6, 6.07) is 13.6. The fourth-order valence-corrected chi connectivity index (χ4v) is 4.23. The Labute approximate surface area is 192 Å². The molecule has 1 atom stereocenters. The molecule has 0 spiro atoms. The van der Waals surface area contributed by atoms with Crippen LogP contribution in [0.15, 0.2) is 42.5 Å². The van der Waals surface area contributed by atoms with Gasteiger partial charge >= 0.3 is 0 Å². The minimum absolute atomic E-state index is 0.0936. The molecule has 172 valence electrons. The van der Waals surface area contributed by atoms with Gasteiger partial charge in [0.2, 0.25) is 5.91 Å². The highest BCUT2D eigenvalue weighted by atomic mass is 16.5. The highest BCUT2D eigenvalue weighted by Gasteiger charge is 2.28. The maximum atomic E-state index is 13.2. The third-order valence-electron chi connectivity index (χ3n) is 6.27. The first-order valence-corrected chi connectivity index (χ1v) is 11.7. The Morgan fingerprint density at radius 1 is 1.00 bits per heavy atom. The summed E-state index contributed by atoms with van der Waals surface area (Å²) in [5.41, 5.74) is 4.29. The van der Waals surface area contributed by atoms with Gasteiger partial charge in [0.05, 0.1) is 0 Å². The van der Waals surface area contributed by atoms with E-state index in [0.717, 1.165) is 47.9 Å². The van der Waals surface area contributed by atoms with E-state index in [4.69, 9.17) is 4.74 Å². The fourth-order valence-electron chi connectivity index (χ4n) is 4.23. The molecule has 0 bridgehead atoms. The summed E-state index contributed by atoms with van der Waals surface area (Å²) in [6.07, 6.45) is 5.56. The molecule has 2 aromatic carbocycles. The quantitative estimate of drug-likeness (QED) is 0.643. The van der Waals surface area contributed by atoms with Gasteiger partial charge in [-0.2, -0.15) is 0 Å². The molecule has 0 aromatic heterocycles. The van der Waals surface area contributed by atoms with E-state index in [1.54, 1.807) is 11.8 Å². The lowest BCUT2D eigenvalue weighted by Crippen LogP contribution is -2.51. The second kappa shape index (κ2) is 11.2. The molecule has 0 aliphatic heterocycles. The van der Waals surface area contributed by atoms with Crippen molar-refractivity contribution in [1.82, 2.24) is 10.2 Å². The van der Waals surface area contributed by atoms with E-state index in [1.807, 2.05) is 63.2 Å². The number of benzene rings is 2. The average Bonchev–Trinajstić information content (AvgIpc) is 2.78. The number of nitrogens with zero attached hydrogens (tertiary/aromatic N) is 1. The average molecular weight is 437 g/mol. The standard InChI is InChI=1S/C27H36N2O3/c1-19-10-13-23(14-11-19)17-29(22(4)27(31)28-24-8-6-5-7-9-24)26(30)18-32-25-15-12-20(2)16-21(25)3/h10-16,22,24H,5-9,17-18H2,1-4H3,(H,28,31)/t22-/m0/s1. The monoisotopic (exact) mass is 436 g/mol. The number of rotatable bonds is 8. The van der Waals surface area contributed by atoms with Crippen LogP contribution < -0.4 is 10.1 Å². The normalized spacial score (nSPS) is 15.1. The number of amides is 2. The molecule has 32 heavy (non-hydrogen) atoms. The summed E-state index contributed by atoms with van der Waals surface area (Å²) in [5.74, 6) is 0.402. The molecule has 5 nitrogen and oxygen atoms in total. The number of carbonyl (C=O) groups excluding carboxylic acids is 2. The van der Waals surface area contributed by atoms with Gasteiger partial charge < -0.3 is 15.0 Å². The lowest BCUT2D eigenvalue weighted by atomic mass is 9.95. The van der Waals surface area contributed by atoms with Gasteiger partial charge in [0.1, 0.15) is 11.8 Å². The number of ether oxygens (including phenoxy) is 1. The second-order valence-corrected chi connectivity index (χ2v) is 9.08. The van der Waals surface area contributed by atoms with E-state index in [-0.39, 0.29) is 24.5 Å². The van der Waals surface area contributed by atoms with Crippen molar-refractivity contribution in [3.05, 3.63) is 64.7 Å². The summed E-state index contributed by atoms with van der Waals surface area (Å²) in [6.45, 7) is 8.10. The van der Waals surface area contributed by atoms with Crippen LogP contribution in [-0.2, 0) is 16.1 Å². The van der Waals surface area contributed by atoms with Crippen molar-refractivity contribution < 1.29 is 14.3 Å². The first-order chi connectivity index (χ1) is 15.3. The van der Waals surface area contributed by atoms with Crippen LogP contribution in [0, 0.1) is 20.8 Å². The Balaban J connectivity index is 1.71. The first kappa shape index (κ1) is 23.8. The van der Waals surface area contributed by atoms with E-state index in [0.29, 0.717) is 12.3 Å². The summed E-state index contributed by atoms with van der Waals surface area (Å²) in [7, 11) is 0. The number of carbonyl (C=O) groups is 2. The molecule has 0 saturated heterocycles. The van der Waals surface area contributed by atoms with Crippen LogP contribution in [0.5, 0.6) is 5.75 Å². The van der Waals surface area contributed by atoms with E-state index >= 15 is 0 Å². The van der Waals surface area contributed by atoms with E-state index in [9.17, 15) is 9.59 Å². The SMILES string of the molecule is Cc1ccc(CN(C(=O)COc2ccc(C)cc2C)[C@@H](C)C(=O)NC2CCCCC2)cc1. The Bertz CT molecular complexity index is 917. The van der Waals surface area contributed by atoms with Crippen molar-refractivity contribution in [3.63, 3.8) is 0 Å². The van der Waals surface area contributed by atoms with Crippen molar-refractivity contribution in [2.24, 2.45) is 0 Å². The highest BCUT2D eigenvalue weighted by Crippen LogP contribution is 2.20. The molecule has 1 saturated carbocycles. The topological polar surface area (TPSA) is 58.6 Å². The van der Waals surface area contributed by atoms with Crippen LogP contribution in [0.4, 0.5) is 0 Å². The molecule has 0 unspecified atom stereocenters. The third kappa shape index (κ3) is 6.59. The zero-order valence-corrected chi connectivity index (χ0v) is 19.8. The zero-order chi connectivity index (χ0) is 23.1. The van der Waals surface area contributed by atoms with Gasteiger partial charge in [-0.15, -0.1) is 0 Å². The van der Waals surface area contributed by atoms with Crippen LogP contribution in [0.2, 0.25) is 0 Å². The predicted octanol–water partition coefficient (Wildman–Crippen LogP) is 4.86. The van der Waals surface area contributed by atoms with Crippen LogP contribution in [-0.4, -0.2) is 35.4 Å². The molecule has 1 N–H and O–H groups in total. The predicted molar refractivity (Wildman–Crippen MR) is 128 cm³/mol. The molecule has 1 aliphatic rings. The van der Waals surface area contributed by atoms with Crippen LogP contribution in [0.3, 0.4) is 0 Å². The second-order valence-electron chi connectivity index (χ2n) is 9.08.